The summed E-state index contributed by atoms with van der Waals surface area (Å²) in [6, 6.07) is 0. The van der Waals surface area contributed by atoms with Crippen molar-refractivity contribution in [2.24, 2.45) is 0 Å². The van der Waals surface area contributed by atoms with Gasteiger partial charge in [0.25, 0.3) is 0 Å². The molecule has 0 saturated heterocycles. The van der Waals surface area contributed by atoms with Crippen molar-refractivity contribution in [3.05, 3.63) is 0 Å². The summed E-state index contributed by atoms with van der Waals surface area (Å²) in [5.74, 6) is 0. The van der Waals surface area contributed by atoms with Gasteiger partial charge >= 0.3 is 51.4 Å². The molecule has 0 aromatic carbocycles. The number of hydrogen-bond donors (Lipinski definition) is 1. The van der Waals surface area contributed by atoms with E-state index in [-0.39, 0.29) is 57.0 Å². The Kier molecular flexibility index (Phi) is 8.25. The van der Waals surface area contributed by atoms with Crippen LogP contribution in [0, 0.1) is 0 Å². The van der Waals surface area contributed by atoms with Crippen LogP contribution in [0.1, 0.15) is 20.8 Å². The number of rotatable bonds is 0. The summed E-state index contributed by atoms with van der Waals surface area (Å²) in [4.78, 5) is 0. The van der Waals surface area contributed by atoms with E-state index >= 15 is 0 Å². The summed E-state index contributed by atoms with van der Waals surface area (Å²) in [5, 5.41) is 0. The third kappa shape index (κ3) is 13.0. The largest absolute Gasteiger partial charge is 1.00 e. The van der Waals surface area contributed by atoms with Crippen LogP contribution in [0.3, 0.4) is 0 Å². The van der Waals surface area contributed by atoms with E-state index < -0.39 is 0 Å². The summed E-state index contributed by atoms with van der Waals surface area (Å²) in [5.41, 5.74) is -0.196. The molecule has 0 saturated carbocycles. The first-order valence-corrected chi connectivity index (χ1v) is 3.19. The quantitative estimate of drug-likeness (QED) is 0.298. The zero-order valence-electron chi connectivity index (χ0n) is 6.26. The van der Waals surface area contributed by atoms with Gasteiger partial charge in [-0.15, -0.1) is 0 Å². The molecule has 0 unspecified atom stereocenters. The van der Waals surface area contributed by atoms with Crippen molar-refractivity contribution < 1.29 is 56.1 Å². The Balaban J connectivity index is 0. The molecule has 0 aliphatic carbocycles. The van der Waals surface area contributed by atoms with Crippen molar-refractivity contribution in [1.82, 2.24) is 0 Å². The van der Waals surface area contributed by atoms with Crippen molar-refractivity contribution in [2.45, 2.75) is 26.4 Å². The maximum Gasteiger partial charge on any atom is 1.00 e. The van der Waals surface area contributed by atoms with Gasteiger partial charge in [-0.05, 0) is 33.0 Å². The normalized spacial score (nSPS) is 9.78. The van der Waals surface area contributed by atoms with Crippen LogP contribution >= 0.6 is 24.8 Å². The topological polar surface area (TPSA) is 9.23 Å². The fourth-order valence-corrected chi connectivity index (χ4v) is 0.786. The second-order valence-corrected chi connectivity index (χ2v) is 3.56. The second kappa shape index (κ2) is 5.52. The zero-order chi connectivity index (χ0) is 6.78. The van der Waals surface area contributed by atoms with Crippen LogP contribution in [0.15, 0.2) is 0 Å². The predicted molar refractivity (Wildman–Crippen MR) is 42.4 cm³/mol. The molecule has 0 rings (SSSR count). The van der Waals surface area contributed by atoms with Gasteiger partial charge in [0.15, 0.2) is 0 Å². The van der Waals surface area contributed by atoms with E-state index in [9.17, 15) is 0 Å². The van der Waals surface area contributed by atoms with Gasteiger partial charge in [0, 0.05) is 0 Å². The van der Waals surface area contributed by atoms with Gasteiger partial charge in [-0.1, -0.05) is 12.6 Å². The number of thiol groups is 1. The molecule has 4 heteroatoms. The molecular formula is C5H10KOS2+. The Morgan fingerprint density at radius 1 is 1.44 bits per heavy atom. The summed E-state index contributed by atoms with van der Waals surface area (Å²) in [7, 11) is 0. The molecule has 0 heterocycles. The van der Waals surface area contributed by atoms with Crippen molar-refractivity contribution >= 4 is 29.2 Å². The molecule has 0 aliphatic rings. The average Bonchev–Trinajstić information content (AvgIpc) is 1.21. The minimum atomic E-state index is -0.196. The zero-order valence-corrected chi connectivity index (χ0v) is 11.1. The summed E-state index contributed by atoms with van der Waals surface area (Å²) in [6.07, 6.45) is 0. The van der Waals surface area contributed by atoms with Gasteiger partial charge in [-0.2, -0.15) is 0 Å². The summed E-state index contributed by atoms with van der Waals surface area (Å²) < 4.78 is 5.34. The van der Waals surface area contributed by atoms with Gasteiger partial charge in [0.05, 0.1) is 0 Å². The van der Waals surface area contributed by atoms with E-state index in [1.54, 1.807) is 0 Å². The molecule has 1 nitrogen and oxygen atoms in total. The van der Waals surface area contributed by atoms with E-state index in [4.69, 9.17) is 4.74 Å². The van der Waals surface area contributed by atoms with Gasteiger partial charge in [-0.25, -0.2) is 0 Å². The molecule has 48 valence electrons. The minimum Gasteiger partial charge on any atom is -0.473 e. The standard InChI is InChI=1S/C5H10OS2.K/c1-5(2,3)6-4(7)8;/h1-3H3,(H,7,8);/q;+1. The van der Waals surface area contributed by atoms with Gasteiger partial charge in [0.2, 0.25) is 4.38 Å². The third-order valence-electron chi connectivity index (χ3n) is 0.393. The maximum absolute atomic E-state index is 5.03. The van der Waals surface area contributed by atoms with Crippen LogP contribution < -0.4 is 51.4 Å². The van der Waals surface area contributed by atoms with Gasteiger partial charge in [-0.3, -0.25) is 0 Å². The van der Waals surface area contributed by atoms with E-state index in [2.05, 4.69) is 24.8 Å². The van der Waals surface area contributed by atoms with Crippen molar-refractivity contribution in [2.75, 3.05) is 0 Å². The monoisotopic (exact) mass is 189 g/mol. The first-order valence-electron chi connectivity index (χ1n) is 2.34. The van der Waals surface area contributed by atoms with Crippen LogP contribution in [0.25, 0.3) is 0 Å². The van der Waals surface area contributed by atoms with E-state index in [0.29, 0.717) is 4.38 Å². The van der Waals surface area contributed by atoms with Crippen LogP contribution in [-0.4, -0.2) is 9.98 Å². The fraction of sp³-hybridized carbons (Fsp3) is 0.800. The Hall–Kier alpha value is 1.88. The second-order valence-electron chi connectivity index (χ2n) is 2.48. The number of hydrogen-bond acceptors (Lipinski definition) is 2. The van der Waals surface area contributed by atoms with Crippen LogP contribution in [0.5, 0.6) is 0 Å². The predicted octanol–water partition coefficient (Wildman–Crippen LogP) is -0.980. The molecule has 0 aromatic rings. The molecule has 9 heavy (non-hydrogen) atoms. The Morgan fingerprint density at radius 3 is 1.78 bits per heavy atom. The third-order valence-corrected chi connectivity index (χ3v) is 0.568. The molecular weight excluding hydrogens is 179 g/mol. The number of ether oxygens (including phenoxy) is 1. The van der Waals surface area contributed by atoms with Crippen LogP contribution in [0.4, 0.5) is 0 Å². The first kappa shape index (κ1) is 13.5. The molecule has 0 fully saturated rings. The molecule has 0 aliphatic heterocycles. The van der Waals surface area contributed by atoms with E-state index in [0.717, 1.165) is 0 Å². The molecule has 0 amide bonds. The fourth-order valence-electron chi connectivity index (χ4n) is 0.262. The molecule has 0 atom stereocenters. The van der Waals surface area contributed by atoms with Crippen LogP contribution in [0.2, 0.25) is 0 Å². The molecule has 0 spiro atoms. The van der Waals surface area contributed by atoms with E-state index in [1.807, 2.05) is 20.8 Å². The maximum atomic E-state index is 5.03. The van der Waals surface area contributed by atoms with E-state index in [1.165, 1.54) is 0 Å². The molecule has 0 radical (unpaired) electrons. The average molecular weight is 189 g/mol. The minimum absolute atomic E-state index is 0. The molecule has 0 bridgehead atoms. The van der Waals surface area contributed by atoms with Crippen molar-refractivity contribution in [3.8, 4) is 0 Å². The summed E-state index contributed by atoms with van der Waals surface area (Å²) in [6.45, 7) is 5.78. The Labute approximate surface area is 110 Å². The first-order chi connectivity index (χ1) is 3.42. The van der Waals surface area contributed by atoms with Crippen molar-refractivity contribution in [1.29, 1.82) is 0 Å². The Morgan fingerprint density at radius 2 is 1.78 bits per heavy atom. The molecule has 0 N–H and O–H groups in total. The number of thiocarbonyl (C=S) groups is 1. The Bertz CT molecular complexity index is 97.6. The molecule has 0 aromatic heterocycles. The van der Waals surface area contributed by atoms with Gasteiger partial charge < -0.3 is 4.74 Å². The van der Waals surface area contributed by atoms with Crippen molar-refractivity contribution in [3.63, 3.8) is 0 Å². The smallest absolute Gasteiger partial charge is 0.473 e. The van der Waals surface area contributed by atoms with Gasteiger partial charge in [0.1, 0.15) is 5.60 Å². The summed E-state index contributed by atoms with van der Waals surface area (Å²) >= 11 is 8.39. The van der Waals surface area contributed by atoms with Crippen LogP contribution in [-0.2, 0) is 4.74 Å². The SMILES string of the molecule is CC(C)(C)OC(=S)S.[K+].